The number of likely N-dealkylation sites (tertiary alicyclic amines) is 1. The summed E-state index contributed by atoms with van der Waals surface area (Å²) in [4.78, 5) is 2.21. The van der Waals surface area contributed by atoms with Crippen molar-refractivity contribution in [2.75, 3.05) is 7.05 Å². The zero-order valence-electron chi connectivity index (χ0n) is 19.6. The largest absolute Gasteiger partial charge is 0.416 e. The molecule has 1 spiro atoms. The first kappa shape index (κ1) is 23.6. The summed E-state index contributed by atoms with van der Waals surface area (Å²) in [6.07, 6.45) is -0.780. The summed E-state index contributed by atoms with van der Waals surface area (Å²) in [6, 6.07) is 9.22. The summed E-state index contributed by atoms with van der Waals surface area (Å²) in [6.45, 7) is -0.244. The number of alkyl halides is 3. The summed E-state index contributed by atoms with van der Waals surface area (Å²) >= 11 is 0. The third-order valence-electron chi connectivity index (χ3n) is 8.05. The quantitative estimate of drug-likeness (QED) is 0.398. The molecule has 0 bridgehead atoms. The summed E-state index contributed by atoms with van der Waals surface area (Å²) in [5.74, 6) is -0.573. The first-order valence-electron chi connectivity index (χ1n) is 11.6. The number of likely N-dealkylation sites (N-methyl/N-ethyl adjacent to an activating group) is 1. The van der Waals surface area contributed by atoms with Crippen molar-refractivity contribution in [1.29, 1.82) is 0 Å². The van der Waals surface area contributed by atoms with Crippen LogP contribution in [0.2, 0.25) is 0 Å². The maximum absolute atomic E-state index is 15.0. The smallest absolute Gasteiger partial charge is 0.296 e. The van der Waals surface area contributed by atoms with Gasteiger partial charge in [0, 0.05) is 42.9 Å². The van der Waals surface area contributed by atoms with E-state index >= 15 is 4.39 Å². The van der Waals surface area contributed by atoms with E-state index in [2.05, 4.69) is 14.7 Å². The minimum absolute atomic E-state index is 0.0194. The molecule has 2 fully saturated rings. The molecule has 3 atom stereocenters. The third-order valence-corrected chi connectivity index (χ3v) is 9.40. The van der Waals surface area contributed by atoms with Crippen LogP contribution < -0.4 is 4.72 Å². The minimum Gasteiger partial charge on any atom is -0.296 e. The fourth-order valence-corrected chi connectivity index (χ4v) is 7.28. The molecule has 2 heterocycles. The van der Waals surface area contributed by atoms with Gasteiger partial charge in [-0.15, -0.1) is 0 Å². The van der Waals surface area contributed by atoms with Crippen molar-refractivity contribution in [2.45, 2.75) is 48.5 Å². The van der Waals surface area contributed by atoms with E-state index in [0.29, 0.717) is 30.5 Å². The Hall–Kier alpha value is -2.76. The summed E-state index contributed by atoms with van der Waals surface area (Å²) < 4.78 is 83.9. The van der Waals surface area contributed by atoms with Crippen LogP contribution in [0.15, 0.2) is 53.7 Å². The SMILES string of the molecule is CN1C2C1C21Cc2cc(F)c(CNS(=O)(=O)c3cnn(C)c3)cc2C1Cc1cccc(C(F)(F)F)c1. The molecule has 3 aromatic rings. The van der Waals surface area contributed by atoms with Gasteiger partial charge in [-0.25, -0.2) is 17.5 Å². The lowest BCUT2D eigenvalue weighted by Crippen LogP contribution is -2.31. The first-order chi connectivity index (χ1) is 16.9. The Labute approximate surface area is 206 Å². The molecule has 1 saturated heterocycles. The molecule has 6 nitrogen and oxygen atoms in total. The number of halogens is 4. The average molecular weight is 521 g/mol. The standard InChI is InChI=1S/C25H24F4N4O2S/c1-32-13-18(12-30-32)36(34,35)31-11-16-8-19-15(9-21(16)26)10-24(22-23(24)33(22)2)20(19)7-14-4-3-5-17(6-14)25(27,28)29/h3-6,8-9,12-13,20,22-23,31H,7,10-11H2,1-2H3. The number of aryl methyl sites for hydroxylation is 1. The lowest BCUT2D eigenvalue weighted by molar-refractivity contribution is -0.137. The van der Waals surface area contributed by atoms with Crippen LogP contribution in [-0.2, 0) is 42.6 Å². The number of aromatic nitrogens is 2. The molecular weight excluding hydrogens is 496 g/mol. The Balaban J connectivity index is 1.30. The van der Waals surface area contributed by atoms with Crippen LogP contribution in [0.4, 0.5) is 17.6 Å². The molecular formula is C25H24F4N4O2S. The second-order valence-electron chi connectivity index (χ2n) is 10.1. The molecule has 0 amide bonds. The van der Waals surface area contributed by atoms with Crippen LogP contribution in [-0.4, -0.2) is 42.2 Å². The van der Waals surface area contributed by atoms with E-state index in [1.165, 1.54) is 35.3 Å². The van der Waals surface area contributed by atoms with Crippen LogP contribution in [0.3, 0.4) is 0 Å². The normalized spacial score (nSPS) is 28.3. The number of nitrogens with one attached hydrogen (secondary N) is 1. The van der Waals surface area contributed by atoms with Crippen LogP contribution in [0.25, 0.3) is 0 Å². The Morgan fingerprint density at radius 2 is 1.92 bits per heavy atom. The molecule has 1 aliphatic heterocycles. The highest BCUT2D eigenvalue weighted by molar-refractivity contribution is 7.89. The van der Waals surface area contributed by atoms with Crippen molar-refractivity contribution >= 4 is 10.0 Å². The van der Waals surface area contributed by atoms with Gasteiger partial charge >= 0.3 is 6.18 Å². The van der Waals surface area contributed by atoms with E-state index in [-0.39, 0.29) is 28.3 Å². The fourth-order valence-electron chi connectivity index (χ4n) is 6.29. The van der Waals surface area contributed by atoms with Crippen LogP contribution >= 0.6 is 0 Å². The topological polar surface area (TPSA) is 67.0 Å². The number of fused-ring (bicyclic) bond motifs is 4. The van der Waals surface area contributed by atoms with Gasteiger partial charge in [0.25, 0.3) is 0 Å². The van der Waals surface area contributed by atoms with Crippen molar-refractivity contribution < 1.29 is 26.0 Å². The number of hydrogen-bond donors (Lipinski definition) is 1. The zero-order valence-corrected chi connectivity index (χ0v) is 20.4. The maximum Gasteiger partial charge on any atom is 0.416 e. The summed E-state index contributed by atoms with van der Waals surface area (Å²) in [5.41, 5.74) is 1.74. The highest BCUT2D eigenvalue weighted by atomic mass is 32.2. The van der Waals surface area contributed by atoms with Gasteiger partial charge < -0.3 is 0 Å². The van der Waals surface area contributed by atoms with E-state index < -0.39 is 27.6 Å². The predicted molar refractivity (Wildman–Crippen MR) is 123 cm³/mol. The van der Waals surface area contributed by atoms with E-state index in [9.17, 15) is 21.6 Å². The van der Waals surface area contributed by atoms with E-state index in [1.807, 2.05) is 7.05 Å². The highest BCUT2D eigenvalue weighted by Crippen LogP contribution is 2.76. The van der Waals surface area contributed by atoms with Gasteiger partial charge in [-0.3, -0.25) is 9.58 Å². The molecule has 36 heavy (non-hydrogen) atoms. The number of benzene rings is 2. The van der Waals surface area contributed by atoms with E-state index in [4.69, 9.17) is 0 Å². The van der Waals surface area contributed by atoms with Crippen molar-refractivity contribution in [3.05, 3.63) is 82.4 Å². The Kier molecular flexibility index (Phi) is 5.00. The van der Waals surface area contributed by atoms with Crippen LogP contribution in [0, 0.1) is 11.2 Å². The molecule has 2 aromatic carbocycles. The minimum atomic E-state index is -4.43. The molecule has 3 unspecified atom stereocenters. The molecule has 11 heteroatoms. The third kappa shape index (κ3) is 3.59. The Morgan fingerprint density at radius 1 is 1.17 bits per heavy atom. The molecule has 2 aliphatic carbocycles. The van der Waals surface area contributed by atoms with Crippen molar-refractivity contribution in [3.8, 4) is 0 Å². The van der Waals surface area contributed by atoms with Gasteiger partial charge in [0.15, 0.2) is 0 Å². The molecule has 3 aliphatic rings. The molecule has 1 aromatic heterocycles. The van der Waals surface area contributed by atoms with Gasteiger partial charge in [0.2, 0.25) is 10.0 Å². The zero-order chi connectivity index (χ0) is 25.6. The van der Waals surface area contributed by atoms with Crippen molar-refractivity contribution in [3.63, 3.8) is 0 Å². The average Bonchev–Trinajstić information content (AvgIpc) is 3.56. The lowest BCUT2D eigenvalue weighted by atomic mass is 9.80. The van der Waals surface area contributed by atoms with Crippen molar-refractivity contribution in [1.82, 2.24) is 19.4 Å². The first-order valence-corrected chi connectivity index (χ1v) is 13.1. The van der Waals surface area contributed by atoms with Crippen LogP contribution in [0.5, 0.6) is 0 Å². The number of hydrogen-bond acceptors (Lipinski definition) is 4. The Morgan fingerprint density at radius 3 is 2.56 bits per heavy atom. The van der Waals surface area contributed by atoms with Crippen molar-refractivity contribution in [2.24, 2.45) is 12.5 Å². The van der Waals surface area contributed by atoms with E-state index in [0.717, 1.165) is 17.2 Å². The van der Waals surface area contributed by atoms with Gasteiger partial charge in [-0.1, -0.05) is 24.3 Å². The van der Waals surface area contributed by atoms with Gasteiger partial charge in [0.1, 0.15) is 10.7 Å². The maximum atomic E-state index is 15.0. The highest BCUT2D eigenvalue weighted by Gasteiger charge is 2.84. The van der Waals surface area contributed by atoms with Crippen LogP contribution in [0.1, 0.15) is 33.7 Å². The number of rotatable bonds is 6. The monoisotopic (exact) mass is 520 g/mol. The second-order valence-corrected chi connectivity index (χ2v) is 11.9. The van der Waals surface area contributed by atoms with Gasteiger partial charge in [-0.2, -0.15) is 18.3 Å². The fraction of sp³-hybridized carbons (Fsp3) is 0.400. The predicted octanol–water partition coefficient (Wildman–Crippen LogP) is 3.62. The number of sulfonamides is 1. The lowest BCUT2D eigenvalue weighted by Gasteiger charge is -2.29. The Bertz CT molecular complexity index is 1470. The number of nitrogens with zero attached hydrogens (tertiary/aromatic N) is 3. The molecule has 6 rings (SSSR count). The summed E-state index contributed by atoms with van der Waals surface area (Å²) in [7, 11) is -0.267. The van der Waals surface area contributed by atoms with Gasteiger partial charge in [0.05, 0.1) is 11.8 Å². The summed E-state index contributed by atoms with van der Waals surface area (Å²) in [5, 5.41) is 3.86. The van der Waals surface area contributed by atoms with Gasteiger partial charge in [-0.05, 0) is 54.6 Å². The van der Waals surface area contributed by atoms with E-state index in [1.54, 1.807) is 19.2 Å². The molecule has 190 valence electrons. The molecule has 1 N–H and O–H groups in total. The molecule has 1 saturated carbocycles. The molecule has 0 radical (unpaired) electrons. The second kappa shape index (κ2) is 7.62.